The van der Waals surface area contributed by atoms with Crippen LogP contribution in [0.15, 0.2) is 24.4 Å². The fourth-order valence-corrected chi connectivity index (χ4v) is 1.75. The zero-order valence-corrected chi connectivity index (χ0v) is 8.30. The van der Waals surface area contributed by atoms with Gasteiger partial charge in [0.2, 0.25) is 5.88 Å². The van der Waals surface area contributed by atoms with Crippen LogP contribution in [0.2, 0.25) is 5.02 Å². The summed E-state index contributed by atoms with van der Waals surface area (Å²) >= 11 is 6.12. The average molecular weight is 196 g/mol. The number of ether oxygens (including phenoxy) is 1. The lowest BCUT2D eigenvalue weighted by molar-refractivity contribution is 0.391. The van der Waals surface area contributed by atoms with Crippen molar-refractivity contribution in [3.8, 4) is 5.88 Å². The molecule has 0 aliphatic rings. The van der Waals surface area contributed by atoms with Crippen molar-refractivity contribution in [2.75, 3.05) is 7.11 Å². The summed E-state index contributed by atoms with van der Waals surface area (Å²) in [6, 6.07) is 5.88. The van der Waals surface area contributed by atoms with Gasteiger partial charge >= 0.3 is 0 Å². The smallest absolute Gasteiger partial charge is 0.202 e. The van der Waals surface area contributed by atoms with E-state index in [1.807, 2.05) is 35.7 Å². The molecule has 0 spiro atoms. The molecule has 0 saturated carbocycles. The Balaban J connectivity index is 2.90. The van der Waals surface area contributed by atoms with Gasteiger partial charge in [-0.15, -0.1) is 0 Å². The van der Waals surface area contributed by atoms with Gasteiger partial charge in [0.1, 0.15) is 0 Å². The van der Waals surface area contributed by atoms with Crippen LogP contribution < -0.4 is 4.74 Å². The monoisotopic (exact) mass is 195 g/mol. The van der Waals surface area contributed by atoms with Crippen LogP contribution in [0.3, 0.4) is 0 Å². The number of fused-ring (bicyclic) bond motifs is 1. The Morgan fingerprint density at radius 3 is 2.85 bits per heavy atom. The van der Waals surface area contributed by atoms with Crippen LogP contribution in [-0.2, 0) is 0 Å². The largest absolute Gasteiger partial charge is 0.482 e. The molecule has 3 heteroatoms. The van der Waals surface area contributed by atoms with Crippen LogP contribution in [0, 0.1) is 6.92 Å². The summed E-state index contributed by atoms with van der Waals surface area (Å²) in [4.78, 5) is 0. The molecular weight excluding hydrogens is 186 g/mol. The van der Waals surface area contributed by atoms with E-state index in [-0.39, 0.29) is 0 Å². The Morgan fingerprint density at radius 2 is 2.15 bits per heavy atom. The first kappa shape index (κ1) is 8.45. The summed E-state index contributed by atoms with van der Waals surface area (Å²) in [5.74, 6) is 0.806. The lowest BCUT2D eigenvalue weighted by Gasteiger charge is -2.00. The SMILES string of the molecule is COc1c(C)c(Cl)c2ccccn12. The van der Waals surface area contributed by atoms with Gasteiger partial charge in [0.25, 0.3) is 0 Å². The summed E-state index contributed by atoms with van der Waals surface area (Å²) in [7, 11) is 1.65. The summed E-state index contributed by atoms with van der Waals surface area (Å²) in [5.41, 5.74) is 1.97. The third-order valence-corrected chi connectivity index (χ3v) is 2.62. The highest BCUT2D eigenvalue weighted by atomic mass is 35.5. The predicted octanol–water partition coefficient (Wildman–Crippen LogP) is 2.91. The van der Waals surface area contributed by atoms with Gasteiger partial charge in [-0.2, -0.15) is 0 Å². The number of hydrogen-bond acceptors (Lipinski definition) is 1. The van der Waals surface area contributed by atoms with Crippen molar-refractivity contribution in [1.29, 1.82) is 0 Å². The van der Waals surface area contributed by atoms with Gasteiger partial charge in [-0.3, -0.25) is 4.40 Å². The van der Waals surface area contributed by atoms with E-state index in [0.717, 1.165) is 22.0 Å². The highest BCUT2D eigenvalue weighted by Gasteiger charge is 2.12. The Morgan fingerprint density at radius 1 is 1.38 bits per heavy atom. The Bertz CT molecular complexity index is 447. The van der Waals surface area contributed by atoms with Crippen LogP contribution in [0.1, 0.15) is 5.56 Å². The van der Waals surface area contributed by atoms with Gasteiger partial charge < -0.3 is 4.74 Å². The first-order valence-corrected chi connectivity index (χ1v) is 4.42. The van der Waals surface area contributed by atoms with Crippen molar-refractivity contribution in [2.45, 2.75) is 6.92 Å². The molecular formula is C10H10ClNO. The zero-order valence-electron chi connectivity index (χ0n) is 7.54. The summed E-state index contributed by atoms with van der Waals surface area (Å²) in [6.07, 6.45) is 1.94. The minimum absolute atomic E-state index is 0.762. The number of aromatic nitrogens is 1. The molecule has 0 fully saturated rings. The number of nitrogens with zero attached hydrogens (tertiary/aromatic N) is 1. The molecule has 0 unspecified atom stereocenters. The van der Waals surface area contributed by atoms with Crippen LogP contribution in [0.5, 0.6) is 5.88 Å². The molecule has 0 aromatic carbocycles. The second kappa shape index (κ2) is 2.96. The Hall–Kier alpha value is -1.15. The molecule has 2 rings (SSSR count). The van der Waals surface area contributed by atoms with E-state index in [4.69, 9.17) is 16.3 Å². The molecule has 0 saturated heterocycles. The van der Waals surface area contributed by atoms with Gasteiger partial charge in [-0.1, -0.05) is 17.7 Å². The quantitative estimate of drug-likeness (QED) is 0.682. The molecule has 0 aliphatic heterocycles. The zero-order chi connectivity index (χ0) is 9.42. The Labute approximate surface area is 81.7 Å². The number of halogens is 1. The first-order chi connectivity index (χ1) is 6.25. The second-order valence-electron chi connectivity index (χ2n) is 2.90. The third kappa shape index (κ3) is 1.10. The molecule has 0 N–H and O–H groups in total. The molecule has 2 aromatic rings. The van der Waals surface area contributed by atoms with Crippen LogP contribution in [0.25, 0.3) is 5.52 Å². The topological polar surface area (TPSA) is 13.6 Å². The lowest BCUT2D eigenvalue weighted by atomic mass is 10.3. The van der Waals surface area contributed by atoms with Crippen molar-refractivity contribution in [1.82, 2.24) is 4.40 Å². The maximum atomic E-state index is 6.12. The normalized spacial score (nSPS) is 10.7. The van der Waals surface area contributed by atoms with Crippen molar-refractivity contribution in [2.24, 2.45) is 0 Å². The maximum Gasteiger partial charge on any atom is 0.202 e. The number of rotatable bonds is 1. The van der Waals surface area contributed by atoms with E-state index >= 15 is 0 Å². The minimum atomic E-state index is 0.762. The number of hydrogen-bond donors (Lipinski definition) is 0. The van der Waals surface area contributed by atoms with Crippen molar-refractivity contribution < 1.29 is 4.74 Å². The minimum Gasteiger partial charge on any atom is -0.482 e. The molecule has 2 aromatic heterocycles. The molecule has 0 bridgehead atoms. The third-order valence-electron chi connectivity index (χ3n) is 2.15. The van der Waals surface area contributed by atoms with E-state index in [1.54, 1.807) is 7.11 Å². The average Bonchev–Trinajstić information content (AvgIpc) is 2.41. The first-order valence-electron chi connectivity index (χ1n) is 4.05. The van der Waals surface area contributed by atoms with Crippen LogP contribution >= 0.6 is 11.6 Å². The maximum absolute atomic E-state index is 6.12. The van der Waals surface area contributed by atoms with E-state index in [9.17, 15) is 0 Å². The van der Waals surface area contributed by atoms with Gasteiger partial charge in [0, 0.05) is 11.8 Å². The Kier molecular flexibility index (Phi) is 1.93. The molecule has 0 amide bonds. The molecule has 2 nitrogen and oxygen atoms in total. The van der Waals surface area contributed by atoms with Gasteiger partial charge in [-0.05, 0) is 19.1 Å². The van der Waals surface area contributed by atoms with Crippen molar-refractivity contribution >= 4 is 17.1 Å². The fraction of sp³-hybridized carbons (Fsp3) is 0.200. The van der Waals surface area contributed by atoms with Crippen LogP contribution in [0.4, 0.5) is 0 Å². The fourth-order valence-electron chi connectivity index (χ4n) is 1.52. The lowest BCUT2D eigenvalue weighted by Crippen LogP contribution is -1.90. The molecule has 0 aliphatic carbocycles. The van der Waals surface area contributed by atoms with E-state index < -0.39 is 0 Å². The van der Waals surface area contributed by atoms with Crippen LogP contribution in [-0.4, -0.2) is 11.5 Å². The van der Waals surface area contributed by atoms with E-state index in [2.05, 4.69) is 0 Å². The highest BCUT2D eigenvalue weighted by molar-refractivity contribution is 6.35. The van der Waals surface area contributed by atoms with Gasteiger partial charge in [-0.25, -0.2) is 0 Å². The summed E-state index contributed by atoms with van der Waals surface area (Å²) in [5, 5.41) is 0.762. The van der Waals surface area contributed by atoms with Crippen molar-refractivity contribution in [3.63, 3.8) is 0 Å². The highest BCUT2D eigenvalue weighted by Crippen LogP contribution is 2.32. The number of pyridine rings is 1. The van der Waals surface area contributed by atoms with Gasteiger partial charge in [0.05, 0.1) is 17.6 Å². The standard InChI is InChI=1S/C10H10ClNO/c1-7-9(11)8-5-3-4-6-12(8)10(7)13-2/h3-6H,1-2H3. The molecule has 68 valence electrons. The summed E-state index contributed by atoms with van der Waals surface area (Å²) < 4.78 is 7.20. The van der Waals surface area contributed by atoms with E-state index in [1.165, 1.54) is 0 Å². The molecule has 13 heavy (non-hydrogen) atoms. The number of methoxy groups -OCH3 is 1. The predicted molar refractivity (Wildman–Crippen MR) is 53.7 cm³/mol. The van der Waals surface area contributed by atoms with Crippen molar-refractivity contribution in [3.05, 3.63) is 35.0 Å². The second-order valence-corrected chi connectivity index (χ2v) is 3.28. The summed E-state index contributed by atoms with van der Waals surface area (Å²) in [6.45, 7) is 1.95. The van der Waals surface area contributed by atoms with Gasteiger partial charge in [0.15, 0.2) is 0 Å². The molecule has 0 radical (unpaired) electrons. The molecule has 0 atom stereocenters. The molecule has 2 heterocycles. The van der Waals surface area contributed by atoms with E-state index in [0.29, 0.717) is 0 Å².